The zero-order valence-electron chi connectivity index (χ0n) is 18.2. The molecular formula is C24H36N4O2. The van der Waals surface area contributed by atoms with Crippen LogP contribution in [0.2, 0.25) is 0 Å². The zero-order chi connectivity index (χ0) is 20.2. The molecule has 1 unspecified atom stereocenters. The molecule has 3 aliphatic rings. The number of para-hydroxylation sites is 1. The molecule has 6 nitrogen and oxygen atoms in total. The van der Waals surface area contributed by atoms with Crippen molar-refractivity contribution in [2.45, 2.75) is 44.6 Å². The van der Waals surface area contributed by atoms with Crippen molar-refractivity contribution in [1.82, 2.24) is 15.0 Å². The number of nitrogens with zero attached hydrogens (tertiary/aromatic N) is 4. The van der Waals surface area contributed by atoms with Crippen LogP contribution in [0.3, 0.4) is 0 Å². The van der Waals surface area contributed by atoms with Gasteiger partial charge in [0.15, 0.2) is 11.4 Å². The van der Waals surface area contributed by atoms with Gasteiger partial charge in [0.1, 0.15) is 0 Å². The summed E-state index contributed by atoms with van der Waals surface area (Å²) < 4.78 is 11.6. The van der Waals surface area contributed by atoms with E-state index in [1.165, 1.54) is 64.7 Å². The molecule has 0 saturated carbocycles. The van der Waals surface area contributed by atoms with Crippen molar-refractivity contribution in [3.8, 4) is 0 Å². The van der Waals surface area contributed by atoms with Crippen molar-refractivity contribution in [1.29, 1.82) is 0 Å². The van der Waals surface area contributed by atoms with Crippen LogP contribution in [0.1, 0.15) is 38.5 Å². The zero-order valence-corrected chi connectivity index (χ0v) is 18.2. The van der Waals surface area contributed by atoms with Gasteiger partial charge in [-0.2, -0.15) is 0 Å². The predicted octanol–water partition coefficient (Wildman–Crippen LogP) is 3.62. The number of hydrogen-bond acceptors (Lipinski definition) is 6. The van der Waals surface area contributed by atoms with E-state index in [-0.39, 0.29) is 0 Å². The Morgan fingerprint density at radius 1 is 1.00 bits per heavy atom. The summed E-state index contributed by atoms with van der Waals surface area (Å²) in [7, 11) is 0. The maximum Gasteiger partial charge on any atom is 0.180 e. The number of hydrogen-bond donors (Lipinski definition) is 0. The summed E-state index contributed by atoms with van der Waals surface area (Å²) in [5.41, 5.74) is 0.885. The molecule has 2 atom stereocenters. The van der Waals surface area contributed by atoms with Crippen LogP contribution >= 0.6 is 0 Å². The molecule has 164 valence electrons. The van der Waals surface area contributed by atoms with E-state index in [1.807, 2.05) is 12.1 Å². The smallest absolute Gasteiger partial charge is 0.180 e. The molecular weight excluding hydrogens is 376 g/mol. The fourth-order valence-electron chi connectivity index (χ4n) is 5.51. The molecule has 3 aliphatic heterocycles. The topological polar surface area (TPSA) is 45.0 Å². The van der Waals surface area contributed by atoms with E-state index < -0.39 is 0 Å². The fraction of sp³-hybridized carbons (Fsp3) is 0.708. The summed E-state index contributed by atoms with van der Waals surface area (Å²) in [6.07, 6.45) is 7.89. The van der Waals surface area contributed by atoms with E-state index in [9.17, 15) is 0 Å². The largest absolute Gasteiger partial charge is 0.381 e. The first kappa shape index (κ1) is 20.3. The number of rotatable bonds is 7. The van der Waals surface area contributed by atoms with Gasteiger partial charge in [-0.15, -0.1) is 0 Å². The summed E-state index contributed by atoms with van der Waals surface area (Å²) in [5.74, 6) is 1.71. The summed E-state index contributed by atoms with van der Waals surface area (Å²) in [6, 6.07) is 8.82. The van der Waals surface area contributed by atoms with E-state index in [4.69, 9.17) is 9.26 Å². The van der Waals surface area contributed by atoms with Crippen molar-refractivity contribution in [2.24, 2.45) is 5.92 Å². The number of benzene rings is 1. The Kier molecular flexibility index (Phi) is 6.54. The Balaban J connectivity index is 1.05. The van der Waals surface area contributed by atoms with Gasteiger partial charge in [-0.1, -0.05) is 23.7 Å². The highest BCUT2D eigenvalue weighted by molar-refractivity contribution is 5.88. The molecule has 0 bridgehead atoms. The minimum absolute atomic E-state index is 0.629. The third kappa shape index (κ3) is 4.66. The third-order valence-corrected chi connectivity index (χ3v) is 7.23. The molecule has 30 heavy (non-hydrogen) atoms. The highest BCUT2D eigenvalue weighted by atomic mass is 16.5. The lowest BCUT2D eigenvalue weighted by atomic mass is 9.91. The monoisotopic (exact) mass is 412 g/mol. The van der Waals surface area contributed by atoms with Crippen LogP contribution in [-0.4, -0.2) is 80.0 Å². The average molecular weight is 413 g/mol. The van der Waals surface area contributed by atoms with Gasteiger partial charge in [-0.3, -0.25) is 4.90 Å². The highest BCUT2D eigenvalue weighted by Crippen LogP contribution is 2.31. The summed E-state index contributed by atoms with van der Waals surface area (Å²) in [6.45, 7) is 10.0. The van der Waals surface area contributed by atoms with E-state index in [0.717, 1.165) is 49.6 Å². The fourth-order valence-corrected chi connectivity index (χ4v) is 5.51. The summed E-state index contributed by atoms with van der Waals surface area (Å²) >= 11 is 0. The number of piperazine rings is 1. The third-order valence-electron chi connectivity index (χ3n) is 7.23. The minimum Gasteiger partial charge on any atom is -0.381 e. The molecule has 0 radical (unpaired) electrons. The molecule has 3 saturated heterocycles. The molecule has 0 amide bonds. The number of likely N-dealkylation sites (tertiary alicyclic amines) is 1. The van der Waals surface area contributed by atoms with Gasteiger partial charge in [-0.25, -0.2) is 0 Å². The molecule has 0 spiro atoms. The van der Waals surface area contributed by atoms with Crippen molar-refractivity contribution >= 4 is 16.8 Å². The quantitative estimate of drug-likeness (QED) is 0.647. The standard InChI is InChI=1S/C24H36N4O2/c1-4-11-26(12-5-1)13-6-16-29-19-20-9-10-21-18-28(15-14-27(21)17-20)24-22-7-2-3-8-23(22)30-25-24/h2-3,7-8,20-21H,1,4-6,9-19H2/t20?,21-/m0/s1. The normalized spacial score (nSPS) is 26.2. The van der Waals surface area contributed by atoms with Gasteiger partial charge in [0, 0.05) is 45.4 Å². The number of piperidine rings is 2. The molecule has 4 heterocycles. The Labute approximate surface area is 180 Å². The van der Waals surface area contributed by atoms with Gasteiger partial charge < -0.3 is 19.1 Å². The molecule has 0 N–H and O–H groups in total. The second-order valence-electron chi connectivity index (χ2n) is 9.37. The van der Waals surface area contributed by atoms with Gasteiger partial charge >= 0.3 is 0 Å². The lowest BCUT2D eigenvalue weighted by molar-refractivity contribution is 0.0305. The van der Waals surface area contributed by atoms with Gasteiger partial charge in [0.25, 0.3) is 0 Å². The number of fused-ring (bicyclic) bond motifs is 2. The number of aromatic nitrogens is 1. The maximum atomic E-state index is 6.09. The summed E-state index contributed by atoms with van der Waals surface area (Å²) in [5, 5.41) is 5.51. The second kappa shape index (κ2) is 9.67. The van der Waals surface area contributed by atoms with Gasteiger partial charge in [0.2, 0.25) is 0 Å². The first-order valence-electron chi connectivity index (χ1n) is 12.0. The number of anilines is 1. The van der Waals surface area contributed by atoms with Gasteiger partial charge in [0.05, 0.1) is 12.0 Å². The molecule has 3 fully saturated rings. The van der Waals surface area contributed by atoms with E-state index in [1.54, 1.807) is 0 Å². The van der Waals surface area contributed by atoms with Crippen molar-refractivity contribution in [2.75, 3.05) is 63.9 Å². The predicted molar refractivity (Wildman–Crippen MR) is 120 cm³/mol. The Hall–Kier alpha value is -1.63. The Morgan fingerprint density at radius 3 is 2.83 bits per heavy atom. The average Bonchev–Trinajstić information content (AvgIpc) is 3.23. The van der Waals surface area contributed by atoms with E-state index in [2.05, 4.69) is 32.0 Å². The molecule has 1 aromatic carbocycles. The first-order valence-corrected chi connectivity index (χ1v) is 12.0. The van der Waals surface area contributed by atoms with Crippen LogP contribution in [0.5, 0.6) is 0 Å². The molecule has 6 heteroatoms. The molecule has 5 rings (SSSR count). The van der Waals surface area contributed by atoms with E-state index >= 15 is 0 Å². The van der Waals surface area contributed by atoms with Gasteiger partial charge in [-0.05, 0) is 63.2 Å². The molecule has 0 aliphatic carbocycles. The van der Waals surface area contributed by atoms with Crippen LogP contribution in [-0.2, 0) is 4.74 Å². The van der Waals surface area contributed by atoms with E-state index in [0.29, 0.717) is 12.0 Å². The van der Waals surface area contributed by atoms with Crippen LogP contribution in [0.25, 0.3) is 11.0 Å². The first-order chi connectivity index (χ1) is 14.9. The van der Waals surface area contributed by atoms with Crippen molar-refractivity contribution in [3.63, 3.8) is 0 Å². The van der Waals surface area contributed by atoms with Crippen LogP contribution in [0.15, 0.2) is 28.8 Å². The Morgan fingerprint density at radius 2 is 1.90 bits per heavy atom. The molecule has 1 aromatic heterocycles. The van der Waals surface area contributed by atoms with Crippen LogP contribution in [0.4, 0.5) is 5.82 Å². The lowest BCUT2D eigenvalue weighted by Gasteiger charge is -2.46. The second-order valence-corrected chi connectivity index (χ2v) is 9.37. The summed E-state index contributed by atoms with van der Waals surface area (Å²) in [4.78, 5) is 7.71. The van der Waals surface area contributed by atoms with Crippen LogP contribution in [0, 0.1) is 5.92 Å². The SMILES string of the molecule is c1ccc2c(N3CCN4CC(COCCCN5CCCCC5)CC[C@H]4C3)noc2c1. The Bertz CT molecular complexity index is 803. The maximum absolute atomic E-state index is 6.09. The molecule has 2 aromatic rings. The number of ether oxygens (including phenoxy) is 1. The highest BCUT2D eigenvalue weighted by Gasteiger charge is 2.34. The van der Waals surface area contributed by atoms with Crippen LogP contribution < -0.4 is 4.90 Å². The van der Waals surface area contributed by atoms with Crippen molar-refractivity contribution in [3.05, 3.63) is 24.3 Å². The minimum atomic E-state index is 0.629. The lowest BCUT2D eigenvalue weighted by Crippen LogP contribution is -2.57. The van der Waals surface area contributed by atoms with Crippen molar-refractivity contribution < 1.29 is 9.26 Å².